The lowest BCUT2D eigenvalue weighted by atomic mass is 10.0. The molecule has 0 saturated carbocycles. The number of nitrogens with one attached hydrogen (secondary N) is 1. The third-order valence-electron chi connectivity index (χ3n) is 2.99. The van der Waals surface area contributed by atoms with Gasteiger partial charge in [0.2, 0.25) is 0 Å². The molecule has 22 heavy (non-hydrogen) atoms. The van der Waals surface area contributed by atoms with E-state index in [1.807, 2.05) is 39.8 Å². The highest BCUT2D eigenvalue weighted by Crippen LogP contribution is 2.32. The Kier molecular flexibility index (Phi) is 7.01. The predicted octanol–water partition coefficient (Wildman–Crippen LogP) is 3.10. The van der Waals surface area contributed by atoms with Crippen molar-refractivity contribution in [1.82, 2.24) is 4.72 Å². The first kappa shape index (κ1) is 18.6. The molecular weight excluding hydrogens is 300 g/mol. The van der Waals surface area contributed by atoms with Gasteiger partial charge in [0.05, 0.1) is 32.2 Å². The van der Waals surface area contributed by atoms with Gasteiger partial charge in [-0.25, -0.2) is 0 Å². The van der Waals surface area contributed by atoms with Crippen molar-refractivity contribution < 1.29 is 14.0 Å². The SMILES string of the molecule is CCOc1cc([C@@H](CC#N)N[S+]([O-])C(C)(C)C)ccc1OC. The van der Waals surface area contributed by atoms with Gasteiger partial charge in [-0.1, -0.05) is 6.07 Å². The molecule has 122 valence electrons. The zero-order valence-electron chi connectivity index (χ0n) is 13.8. The summed E-state index contributed by atoms with van der Waals surface area (Å²) < 4.78 is 25.7. The number of nitrogens with zero attached hydrogens (tertiary/aromatic N) is 1. The van der Waals surface area contributed by atoms with Crippen molar-refractivity contribution in [3.8, 4) is 17.6 Å². The van der Waals surface area contributed by atoms with Crippen molar-refractivity contribution in [3.05, 3.63) is 23.8 Å². The number of hydrogen-bond acceptors (Lipinski definition) is 5. The average Bonchev–Trinajstić information content (AvgIpc) is 2.46. The largest absolute Gasteiger partial charge is 0.598 e. The third-order valence-corrected chi connectivity index (χ3v) is 4.60. The number of hydrogen-bond donors (Lipinski definition) is 1. The molecule has 6 heteroatoms. The van der Waals surface area contributed by atoms with Crippen molar-refractivity contribution in [2.45, 2.75) is 44.9 Å². The van der Waals surface area contributed by atoms with Gasteiger partial charge in [0.1, 0.15) is 4.75 Å². The van der Waals surface area contributed by atoms with Crippen molar-refractivity contribution in [3.63, 3.8) is 0 Å². The molecule has 0 aliphatic carbocycles. The van der Waals surface area contributed by atoms with Gasteiger partial charge in [0.15, 0.2) is 11.5 Å². The van der Waals surface area contributed by atoms with Crippen LogP contribution < -0.4 is 14.2 Å². The highest BCUT2D eigenvalue weighted by molar-refractivity contribution is 7.90. The lowest BCUT2D eigenvalue weighted by Crippen LogP contribution is -2.41. The normalized spacial score (nSPS) is 14.0. The molecule has 1 unspecified atom stereocenters. The van der Waals surface area contributed by atoms with Crippen LogP contribution in [-0.4, -0.2) is 23.0 Å². The highest BCUT2D eigenvalue weighted by atomic mass is 32.2. The van der Waals surface area contributed by atoms with Crippen LogP contribution in [0.15, 0.2) is 18.2 Å². The molecule has 2 atom stereocenters. The van der Waals surface area contributed by atoms with Crippen LogP contribution >= 0.6 is 0 Å². The Hall–Kier alpha value is -1.42. The smallest absolute Gasteiger partial charge is 0.161 e. The van der Waals surface area contributed by atoms with Crippen LogP contribution in [0.5, 0.6) is 11.5 Å². The summed E-state index contributed by atoms with van der Waals surface area (Å²) in [6.45, 7) is 8.08. The van der Waals surface area contributed by atoms with Gasteiger partial charge in [-0.2, -0.15) is 5.26 Å². The zero-order valence-corrected chi connectivity index (χ0v) is 14.6. The monoisotopic (exact) mass is 324 g/mol. The van der Waals surface area contributed by atoms with Gasteiger partial charge in [-0.15, -0.1) is 4.72 Å². The van der Waals surface area contributed by atoms with E-state index in [-0.39, 0.29) is 12.5 Å². The van der Waals surface area contributed by atoms with E-state index in [9.17, 15) is 4.55 Å². The molecule has 1 rings (SSSR count). The lowest BCUT2D eigenvalue weighted by Gasteiger charge is -2.27. The predicted molar refractivity (Wildman–Crippen MR) is 88.2 cm³/mol. The molecule has 0 amide bonds. The molecule has 5 nitrogen and oxygen atoms in total. The highest BCUT2D eigenvalue weighted by Gasteiger charge is 2.30. The first-order valence-corrected chi connectivity index (χ1v) is 8.34. The first-order valence-electron chi connectivity index (χ1n) is 7.19. The van der Waals surface area contributed by atoms with E-state index in [0.717, 1.165) is 5.56 Å². The molecule has 0 aliphatic heterocycles. The Balaban J connectivity index is 3.05. The molecule has 1 N–H and O–H groups in total. The maximum absolute atomic E-state index is 12.3. The second kappa shape index (κ2) is 8.28. The van der Waals surface area contributed by atoms with Gasteiger partial charge in [-0.3, -0.25) is 0 Å². The number of ether oxygens (including phenoxy) is 2. The van der Waals surface area contributed by atoms with E-state index < -0.39 is 16.1 Å². The van der Waals surface area contributed by atoms with E-state index in [1.165, 1.54) is 0 Å². The van der Waals surface area contributed by atoms with E-state index in [2.05, 4.69) is 10.8 Å². The van der Waals surface area contributed by atoms with Gasteiger partial charge in [0.25, 0.3) is 0 Å². The van der Waals surface area contributed by atoms with Gasteiger partial charge in [-0.05, 0) is 45.4 Å². The first-order chi connectivity index (χ1) is 10.3. The summed E-state index contributed by atoms with van der Waals surface area (Å²) in [6.07, 6.45) is 0.222. The van der Waals surface area contributed by atoms with Crippen molar-refractivity contribution in [2.75, 3.05) is 13.7 Å². The molecule has 1 aromatic rings. The molecule has 0 aliphatic rings. The van der Waals surface area contributed by atoms with Crippen LogP contribution in [0.4, 0.5) is 0 Å². The minimum Gasteiger partial charge on any atom is -0.598 e. The fourth-order valence-corrected chi connectivity index (χ4v) is 2.63. The van der Waals surface area contributed by atoms with Crippen LogP contribution in [0.3, 0.4) is 0 Å². The van der Waals surface area contributed by atoms with Gasteiger partial charge < -0.3 is 14.0 Å². The summed E-state index contributed by atoms with van der Waals surface area (Å²) in [5.74, 6) is 1.26. The minimum atomic E-state index is -1.26. The van der Waals surface area contributed by atoms with Crippen LogP contribution in [0.1, 0.15) is 45.7 Å². The minimum absolute atomic E-state index is 0.222. The lowest BCUT2D eigenvalue weighted by molar-refractivity contribution is 0.310. The average molecular weight is 324 g/mol. The molecule has 1 aromatic carbocycles. The standard InChI is InChI=1S/C16H24N2O3S/c1-6-21-15-11-12(7-8-14(15)20-5)13(9-10-17)18-22(19)16(2,3)4/h7-8,11,13,18H,6,9H2,1-5H3/t13-,22?/m1/s1. The Morgan fingerprint density at radius 1 is 1.36 bits per heavy atom. The summed E-state index contributed by atoms with van der Waals surface area (Å²) in [5, 5.41) is 9.04. The Morgan fingerprint density at radius 2 is 2.05 bits per heavy atom. The number of methoxy groups -OCH3 is 1. The van der Waals surface area contributed by atoms with E-state index >= 15 is 0 Å². The molecule has 0 fully saturated rings. The van der Waals surface area contributed by atoms with Crippen molar-refractivity contribution in [1.29, 1.82) is 5.26 Å². The van der Waals surface area contributed by atoms with E-state index in [1.54, 1.807) is 13.2 Å². The van der Waals surface area contributed by atoms with Gasteiger partial charge in [0, 0.05) is 11.4 Å². The Labute approximate surface area is 135 Å². The zero-order chi connectivity index (χ0) is 16.8. The molecule has 0 spiro atoms. The Bertz CT molecular complexity index is 523. The molecule has 0 aromatic heterocycles. The summed E-state index contributed by atoms with van der Waals surface area (Å²) in [5.41, 5.74) is 0.850. The quantitative estimate of drug-likeness (QED) is 0.780. The fraction of sp³-hybridized carbons (Fsp3) is 0.562. The number of rotatable bonds is 7. The summed E-state index contributed by atoms with van der Waals surface area (Å²) in [4.78, 5) is 0. The molecule has 0 heterocycles. The Morgan fingerprint density at radius 3 is 2.55 bits per heavy atom. The molecule has 0 radical (unpaired) electrons. The summed E-state index contributed by atoms with van der Waals surface area (Å²) in [7, 11) is 1.58. The third kappa shape index (κ3) is 5.09. The molecule has 0 bridgehead atoms. The molecule has 0 saturated heterocycles. The second-order valence-corrected chi connectivity index (χ2v) is 7.75. The van der Waals surface area contributed by atoms with Crippen LogP contribution in [0.25, 0.3) is 0 Å². The maximum Gasteiger partial charge on any atom is 0.161 e. The van der Waals surface area contributed by atoms with Crippen LogP contribution in [0.2, 0.25) is 0 Å². The van der Waals surface area contributed by atoms with Crippen LogP contribution in [-0.2, 0) is 11.4 Å². The molecular formula is C16H24N2O3S. The maximum atomic E-state index is 12.3. The number of nitriles is 1. The topological polar surface area (TPSA) is 77.3 Å². The summed E-state index contributed by atoms with van der Waals surface area (Å²) >= 11 is -1.26. The van der Waals surface area contributed by atoms with Crippen molar-refractivity contribution in [2.24, 2.45) is 0 Å². The van der Waals surface area contributed by atoms with Gasteiger partial charge >= 0.3 is 0 Å². The second-order valence-electron chi connectivity index (χ2n) is 5.76. The van der Waals surface area contributed by atoms with E-state index in [4.69, 9.17) is 14.7 Å². The summed E-state index contributed by atoms with van der Waals surface area (Å²) in [6, 6.07) is 7.30. The fourth-order valence-electron chi connectivity index (χ4n) is 1.80. The van der Waals surface area contributed by atoms with Crippen molar-refractivity contribution >= 4 is 11.4 Å². The van der Waals surface area contributed by atoms with E-state index in [0.29, 0.717) is 18.1 Å². The number of benzene rings is 1. The van der Waals surface area contributed by atoms with Crippen LogP contribution in [0, 0.1) is 11.3 Å².